The molecule has 9 nitrogen and oxygen atoms in total. The third-order valence-corrected chi connectivity index (χ3v) is 7.11. The highest BCUT2D eigenvalue weighted by atomic mass is 16.5. The average Bonchev–Trinajstić information content (AvgIpc) is 3.37. The Morgan fingerprint density at radius 3 is 2.61 bits per heavy atom. The Labute approximate surface area is 211 Å². The van der Waals surface area contributed by atoms with Crippen molar-refractivity contribution in [2.75, 3.05) is 26.2 Å². The second-order valence-corrected chi connectivity index (χ2v) is 10.4. The van der Waals surface area contributed by atoms with Crippen molar-refractivity contribution in [2.45, 2.75) is 51.7 Å². The summed E-state index contributed by atoms with van der Waals surface area (Å²) in [6, 6.07) is 13.8. The number of ether oxygens (including phenoxy) is 1. The fraction of sp³-hybridized carbons (Fsp3) is 0.444. The molecule has 1 unspecified atom stereocenters. The minimum absolute atomic E-state index is 0.0735. The van der Waals surface area contributed by atoms with Crippen LogP contribution in [0.2, 0.25) is 0 Å². The maximum atomic E-state index is 13.2. The number of aromatic nitrogens is 4. The van der Waals surface area contributed by atoms with E-state index in [1.807, 2.05) is 48.2 Å². The van der Waals surface area contributed by atoms with Gasteiger partial charge in [0.25, 0.3) is 0 Å². The highest BCUT2D eigenvalue weighted by Crippen LogP contribution is 2.25. The van der Waals surface area contributed by atoms with Crippen LogP contribution < -0.4 is 0 Å². The van der Waals surface area contributed by atoms with Crippen LogP contribution in [0.15, 0.2) is 48.8 Å². The van der Waals surface area contributed by atoms with Gasteiger partial charge in [0.1, 0.15) is 12.4 Å². The maximum Gasteiger partial charge on any atom is 0.338 e. The number of piperazine rings is 1. The van der Waals surface area contributed by atoms with E-state index in [0.29, 0.717) is 18.5 Å². The van der Waals surface area contributed by atoms with E-state index >= 15 is 0 Å². The van der Waals surface area contributed by atoms with Crippen LogP contribution in [0.4, 0.5) is 0 Å². The summed E-state index contributed by atoms with van der Waals surface area (Å²) >= 11 is 0. The van der Waals surface area contributed by atoms with Gasteiger partial charge in [-0.05, 0) is 72.5 Å². The van der Waals surface area contributed by atoms with Crippen LogP contribution in [0.25, 0.3) is 5.69 Å². The molecular weight excluding hydrogens is 456 g/mol. The lowest BCUT2D eigenvalue weighted by Gasteiger charge is -2.47. The van der Waals surface area contributed by atoms with E-state index in [1.54, 1.807) is 11.0 Å². The Bertz CT molecular complexity index is 1240. The van der Waals surface area contributed by atoms with Crippen molar-refractivity contribution < 1.29 is 14.3 Å². The molecule has 36 heavy (non-hydrogen) atoms. The van der Waals surface area contributed by atoms with Crippen LogP contribution in [0.3, 0.4) is 0 Å². The molecule has 1 amide bonds. The Balaban J connectivity index is 1.16. The van der Waals surface area contributed by atoms with Crippen LogP contribution in [0.1, 0.15) is 47.8 Å². The lowest BCUT2D eigenvalue weighted by atomic mass is 9.95. The van der Waals surface area contributed by atoms with Crippen molar-refractivity contribution in [3.63, 3.8) is 0 Å². The minimum atomic E-state index is -0.253. The number of carbonyl (C=O) groups excluding carboxylic acids is 2. The quantitative estimate of drug-likeness (QED) is 0.492. The van der Waals surface area contributed by atoms with Gasteiger partial charge < -0.3 is 9.64 Å². The first kappa shape index (κ1) is 24.1. The molecule has 2 aliphatic rings. The van der Waals surface area contributed by atoms with Gasteiger partial charge in [-0.1, -0.05) is 24.3 Å². The first-order valence-electron chi connectivity index (χ1n) is 12.5. The highest BCUT2D eigenvalue weighted by molar-refractivity contribution is 5.92. The highest BCUT2D eigenvalue weighted by Gasteiger charge is 2.36. The second-order valence-electron chi connectivity index (χ2n) is 10.4. The topological polar surface area (TPSA) is 93.5 Å². The number of carbonyl (C=O) groups is 2. The third-order valence-electron chi connectivity index (χ3n) is 7.11. The molecule has 3 aromatic rings. The number of fused-ring (bicyclic) bond motifs is 1. The summed E-state index contributed by atoms with van der Waals surface area (Å²) in [5.41, 5.74) is 4.58. The van der Waals surface area contributed by atoms with E-state index < -0.39 is 0 Å². The molecule has 5 rings (SSSR count). The standard InChI is InChI=1S/C27H32N6O3/c1-19-14-22-15-21(6-9-24(22)26(35)36-19)10-11-31-12-13-32(27(2,3)17-31)25(34)16-20-4-7-23(8-5-20)33-18-28-29-30-33/h4-9,15,18-19H,10-14,16-17H2,1-3H3. The SMILES string of the molecule is CC1Cc2cc(CCN3CCN(C(=O)Cc4ccc(-n5cnnn5)cc4)C(C)(C)C3)ccc2C(=O)O1. The molecule has 188 valence electrons. The predicted octanol–water partition coefficient (Wildman–Crippen LogP) is 2.47. The summed E-state index contributed by atoms with van der Waals surface area (Å²) in [7, 11) is 0. The predicted molar refractivity (Wildman–Crippen MR) is 134 cm³/mol. The van der Waals surface area contributed by atoms with Crippen molar-refractivity contribution in [1.29, 1.82) is 0 Å². The van der Waals surface area contributed by atoms with E-state index in [1.165, 1.54) is 5.56 Å². The first-order valence-corrected chi connectivity index (χ1v) is 12.5. The molecule has 1 fully saturated rings. The summed E-state index contributed by atoms with van der Waals surface area (Å²) in [5, 5.41) is 11.2. The zero-order valence-electron chi connectivity index (χ0n) is 21.1. The molecule has 2 aliphatic heterocycles. The average molecular weight is 489 g/mol. The smallest absolute Gasteiger partial charge is 0.338 e. The van der Waals surface area contributed by atoms with Gasteiger partial charge in [0.15, 0.2) is 0 Å². The molecule has 9 heteroatoms. The molecule has 0 bridgehead atoms. The van der Waals surface area contributed by atoms with Gasteiger partial charge in [-0.25, -0.2) is 9.48 Å². The van der Waals surface area contributed by atoms with Crippen LogP contribution in [-0.2, 0) is 28.8 Å². The molecule has 0 aliphatic carbocycles. The van der Waals surface area contributed by atoms with Gasteiger partial charge in [-0.15, -0.1) is 5.10 Å². The molecule has 1 atom stereocenters. The van der Waals surface area contributed by atoms with Crippen molar-refractivity contribution in [3.05, 3.63) is 71.0 Å². The van der Waals surface area contributed by atoms with Crippen molar-refractivity contribution >= 4 is 11.9 Å². The van der Waals surface area contributed by atoms with Gasteiger partial charge >= 0.3 is 5.97 Å². The molecule has 0 radical (unpaired) electrons. The number of cyclic esters (lactones) is 1. The van der Waals surface area contributed by atoms with Crippen LogP contribution >= 0.6 is 0 Å². The van der Waals surface area contributed by atoms with E-state index in [9.17, 15) is 9.59 Å². The Morgan fingerprint density at radius 2 is 1.89 bits per heavy atom. The number of benzene rings is 2. The van der Waals surface area contributed by atoms with Gasteiger partial charge in [0.2, 0.25) is 5.91 Å². The minimum Gasteiger partial charge on any atom is -0.459 e. The van der Waals surface area contributed by atoms with Crippen LogP contribution in [0, 0.1) is 0 Å². The fourth-order valence-corrected chi connectivity index (χ4v) is 5.28. The van der Waals surface area contributed by atoms with Crippen LogP contribution in [-0.4, -0.2) is 79.7 Å². The van der Waals surface area contributed by atoms with Gasteiger partial charge in [-0.2, -0.15) is 0 Å². The van der Waals surface area contributed by atoms with E-state index in [-0.39, 0.29) is 23.5 Å². The lowest BCUT2D eigenvalue weighted by Crippen LogP contribution is -2.61. The molecule has 0 N–H and O–H groups in total. The number of hydrogen-bond donors (Lipinski definition) is 0. The number of amides is 1. The number of esters is 1. The summed E-state index contributed by atoms with van der Waals surface area (Å²) in [6.07, 6.45) is 3.52. The van der Waals surface area contributed by atoms with Gasteiger partial charge in [0, 0.05) is 38.1 Å². The van der Waals surface area contributed by atoms with Crippen molar-refractivity contribution in [2.24, 2.45) is 0 Å². The van der Waals surface area contributed by atoms with Gasteiger partial charge in [-0.3, -0.25) is 9.69 Å². The number of nitrogens with zero attached hydrogens (tertiary/aromatic N) is 6. The third kappa shape index (κ3) is 5.16. The number of hydrogen-bond acceptors (Lipinski definition) is 7. The van der Waals surface area contributed by atoms with Crippen molar-refractivity contribution in [3.8, 4) is 5.69 Å². The van der Waals surface area contributed by atoms with Crippen LogP contribution in [0.5, 0.6) is 0 Å². The molecule has 1 saturated heterocycles. The summed E-state index contributed by atoms with van der Waals surface area (Å²) in [4.78, 5) is 29.7. The first-order chi connectivity index (χ1) is 17.3. The maximum absolute atomic E-state index is 13.2. The zero-order valence-corrected chi connectivity index (χ0v) is 21.1. The van der Waals surface area contributed by atoms with E-state index in [2.05, 4.69) is 40.3 Å². The normalized spacial score (nSPS) is 19.6. The van der Waals surface area contributed by atoms with Crippen molar-refractivity contribution in [1.82, 2.24) is 30.0 Å². The second kappa shape index (κ2) is 9.81. The summed E-state index contributed by atoms with van der Waals surface area (Å²) in [5.74, 6) is -0.0770. The van der Waals surface area contributed by atoms with E-state index in [0.717, 1.165) is 49.3 Å². The number of rotatable bonds is 6. The molecule has 0 saturated carbocycles. The Kier molecular flexibility index (Phi) is 6.57. The molecule has 2 aromatic carbocycles. The zero-order chi connectivity index (χ0) is 25.3. The van der Waals surface area contributed by atoms with E-state index in [4.69, 9.17) is 4.74 Å². The number of tetrazole rings is 1. The lowest BCUT2D eigenvalue weighted by molar-refractivity contribution is -0.139. The fourth-order valence-electron chi connectivity index (χ4n) is 5.28. The van der Waals surface area contributed by atoms with Gasteiger partial charge in [0.05, 0.1) is 17.7 Å². The largest absolute Gasteiger partial charge is 0.459 e. The monoisotopic (exact) mass is 488 g/mol. The molecule has 1 aromatic heterocycles. The molecule has 3 heterocycles. The Morgan fingerprint density at radius 1 is 1.11 bits per heavy atom. The summed E-state index contributed by atoms with van der Waals surface area (Å²) < 4.78 is 6.92. The summed E-state index contributed by atoms with van der Waals surface area (Å²) in [6.45, 7) is 9.52. The Hall–Kier alpha value is -3.59. The molecular formula is C27H32N6O3. The molecule has 0 spiro atoms.